The number of nitrogens with two attached hydrogens (primary N) is 1. The van der Waals surface area contributed by atoms with E-state index in [1.807, 2.05) is 6.92 Å². The fourth-order valence-corrected chi connectivity index (χ4v) is 1.72. The zero-order valence-electron chi connectivity index (χ0n) is 7.21. The molecule has 2 N–H and O–H groups in total. The zero-order valence-corrected chi connectivity index (χ0v) is 7.21. The Bertz CT molecular complexity index is 276. The van der Waals surface area contributed by atoms with Gasteiger partial charge in [0.1, 0.15) is 0 Å². The number of nitrogens with zero attached hydrogens (tertiary/aromatic N) is 2. The highest BCUT2D eigenvalue weighted by molar-refractivity contribution is 5.04. The number of hydrogen-bond acceptors (Lipinski definition) is 4. The molecule has 1 aromatic heterocycles. The van der Waals surface area contributed by atoms with Crippen LogP contribution in [0.5, 0.6) is 0 Å². The van der Waals surface area contributed by atoms with Gasteiger partial charge in [0.15, 0.2) is 5.82 Å². The SMILES string of the molecule is Cc1noc(C2(N)CCCC2)n1. The first-order valence-electron chi connectivity index (χ1n) is 4.30. The van der Waals surface area contributed by atoms with Crippen LogP contribution in [0.1, 0.15) is 37.4 Å². The van der Waals surface area contributed by atoms with E-state index in [1.54, 1.807) is 0 Å². The molecule has 1 aliphatic carbocycles. The molecule has 1 aromatic rings. The summed E-state index contributed by atoms with van der Waals surface area (Å²) in [5.74, 6) is 1.28. The second-order valence-electron chi connectivity index (χ2n) is 3.51. The van der Waals surface area contributed by atoms with E-state index in [9.17, 15) is 0 Å². The molecule has 1 heterocycles. The van der Waals surface area contributed by atoms with Crippen LogP contribution in [0.2, 0.25) is 0 Å². The Morgan fingerprint density at radius 2 is 2.08 bits per heavy atom. The van der Waals surface area contributed by atoms with Gasteiger partial charge in [0.2, 0.25) is 5.89 Å². The lowest BCUT2D eigenvalue weighted by Crippen LogP contribution is -2.33. The average molecular weight is 167 g/mol. The van der Waals surface area contributed by atoms with E-state index >= 15 is 0 Å². The van der Waals surface area contributed by atoms with Gasteiger partial charge in [-0.1, -0.05) is 18.0 Å². The summed E-state index contributed by atoms with van der Waals surface area (Å²) >= 11 is 0. The summed E-state index contributed by atoms with van der Waals surface area (Å²) in [6, 6.07) is 0. The molecule has 0 bridgehead atoms. The van der Waals surface area contributed by atoms with Gasteiger partial charge in [-0.2, -0.15) is 4.98 Å². The summed E-state index contributed by atoms with van der Waals surface area (Å²) in [6.45, 7) is 1.81. The Labute approximate surface area is 71.1 Å². The molecule has 0 aromatic carbocycles. The lowest BCUT2D eigenvalue weighted by Gasteiger charge is -2.16. The summed E-state index contributed by atoms with van der Waals surface area (Å²) in [4.78, 5) is 4.16. The van der Waals surface area contributed by atoms with E-state index in [1.165, 1.54) is 0 Å². The summed E-state index contributed by atoms with van der Waals surface area (Å²) in [5.41, 5.74) is 5.77. The predicted molar refractivity (Wildman–Crippen MR) is 43.4 cm³/mol. The Balaban J connectivity index is 2.28. The largest absolute Gasteiger partial charge is 0.337 e. The Kier molecular flexibility index (Phi) is 1.65. The van der Waals surface area contributed by atoms with E-state index < -0.39 is 0 Å². The van der Waals surface area contributed by atoms with Gasteiger partial charge in [0.25, 0.3) is 0 Å². The molecular weight excluding hydrogens is 154 g/mol. The monoisotopic (exact) mass is 167 g/mol. The van der Waals surface area contributed by atoms with Gasteiger partial charge in [-0.25, -0.2) is 0 Å². The molecule has 0 unspecified atom stereocenters. The fourth-order valence-electron chi connectivity index (χ4n) is 1.72. The first kappa shape index (κ1) is 7.73. The molecule has 1 aliphatic rings. The molecule has 0 radical (unpaired) electrons. The van der Waals surface area contributed by atoms with E-state index in [4.69, 9.17) is 10.3 Å². The van der Waals surface area contributed by atoms with Crippen molar-refractivity contribution in [1.29, 1.82) is 0 Å². The fraction of sp³-hybridized carbons (Fsp3) is 0.750. The van der Waals surface area contributed by atoms with Crippen LogP contribution in [-0.4, -0.2) is 10.1 Å². The summed E-state index contributed by atoms with van der Waals surface area (Å²) in [7, 11) is 0. The van der Waals surface area contributed by atoms with Crippen LogP contribution in [0.4, 0.5) is 0 Å². The quantitative estimate of drug-likeness (QED) is 0.680. The lowest BCUT2D eigenvalue weighted by atomic mass is 10.00. The first-order chi connectivity index (χ1) is 5.71. The molecule has 0 spiro atoms. The van der Waals surface area contributed by atoms with Gasteiger partial charge in [0.05, 0.1) is 5.54 Å². The van der Waals surface area contributed by atoms with Crippen molar-refractivity contribution < 1.29 is 4.52 Å². The third-order valence-corrected chi connectivity index (χ3v) is 2.45. The maximum absolute atomic E-state index is 6.10. The molecule has 0 saturated heterocycles. The van der Waals surface area contributed by atoms with E-state index in [-0.39, 0.29) is 5.54 Å². The van der Waals surface area contributed by atoms with Crippen molar-refractivity contribution in [2.24, 2.45) is 5.73 Å². The minimum absolute atomic E-state index is 0.332. The topological polar surface area (TPSA) is 64.9 Å². The molecule has 12 heavy (non-hydrogen) atoms. The van der Waals surface area contributed by atoms with E-state index in [0.29, 0.717) is 11.7 Å². The molecule has 66 valence electrons. The highest BCUT2D eigenvalue weighted by Gasteiger charge is 2.36. The normalized spacial score (nSPS) is 21.5. The Morgan fingerprint density at radius 1 is 1.42 bits per heavy atom. The first-order valence-corrected chi connectivity index (χ1v) is 4.30. The highest BCUT2D eigenvalue weighted by atomic mass is 16.5. The van der Waals surface area contributed by atoms with Crippen molar-refractivity contribution in [3.8, 4) is 0 Å². The molecule has 1 fully saturated rings. The number of hydrogen-bond donors (Lipinski definition) is 1. The van der Waals surface area contributed by atoms with Crippen LogP contribution in [0, 0.1) is 6.92 Å². The average Bonchev–Trinajstić information content (AvgIpc) is 2.59. The lowest BCUT2D eigenvalue weighted by molar-refractivity contribution is 0.284. The van der Waals surface area contributed by atoms with Gasteiger partial charge in [0, 0.05) is 0 Å². The minimum Gasteiger partial charge on any atom is -0.337 e. The highest BCUT2D eigenvalue weighted by Crippen LogP contribution is 2.34. The van der Waals surface area contributed by atoms with Gasteiger partial charge < -0.3 is 10.3 Å². The smallest absolute Gasteiger partial charge is 0.246 e. The number of rotatable bonds is 1. The molecule has 1 saturated carbocycles. The summed E-state index contributed by atoms with van der Waals surface area (Å²) < 4.78 is 5.07. The summed E-state index contributed by atoms with van der Waals surface area (Å²) in [6.07, 6.45) is 4.26. The van der Waals surface area contributed by atoms with Crippen LogP contribution in [0.15, 0.2) is 4.52 Å². The summed E-state index contributed by atoms with van der Waals surface area (Å²) in [5, 5.41) is 3.74. The van der Waals surface area contributed by atoms with Crippen LogP contribution >= 0.6 is 0 Å². The van der Waals surface area contributed by atoms with Crippen LogP contribution in [-0.2, 0) is 5.54 Å². The standard InChI is InChI=1S/C8H13N3O/c1-6-10-7(12-11-6)8(9)4-2-3-5-8/h2-5,9H2,1H3. The van der Waals surface area contributed by atoms with Crippen molar-refractivity contribution in [2.45, 2.75) is 38.1 Å². The third kappa shape index (κ3) is 1.12. The Hall–Kier alpha value is -0.900. The molecular formula is C8H13N3O. The number of aryl methyl sites for hydroxylation is 1. The van der Waals surface area contributed by atoms with Gasteiger partial charge >= 0.3 is 0 Å². The van der Waals surface area contributed by atoms with Crippen LogP contribution in [0.25, 0.3) is 0 Å². The van der Waals surface area contributed by atoms with Gasteiger partial charge in [-0.3, -0.25) is 0 Å². The Morgan fingerprint density at radius 3 is 2.58 bits per heavy atom. The molecule has 4 heteroatoms. The second kappa shape index (κ2) is 2.55. The van der Waals surface area contributed by atoms with Crippen LogP contribution in [0.3, 0.4) is 0 Å². The number of aromatic nitrogens is 2. The van der Waals surface area contributed by atoms with Crippen molar-refractivity contribution in [1.82, 2.24) is 10.1 Å². The van der Waals surface area contributed by atoms with Crippen molar-refractivity contribution in [2.75, 3.05) is 0 Å². The van der Waals surface area contributed by atoms with Gasteiger partial charge in [-0.15, -0.1) is 0 Å². The van der Waals surface area contributed by atoms with Gasteiger partial charge in [-0.05, 0) is 19.8 Å². The second-order valence-corrected chi connectivity index (χ2v) is 3.51. The maximum Gasteiger partial charge on any atom is 0.246 e. The van der Waals surface area contributed by atoms with Crippen molar-refractivity contribution in [3.05, 3.63) is 11.7 Å². The molecule has 0 aliphatic heterocycles. The van der Waals surface area contributed by atoms with Crippen LogP contribution < -0.4 is 5.73 Å². The minimum atomic E-state index is -0.332. The molecule has 4 nitrogen and oxygen atoms in total. The molecule has 0 amide bonds. The molecule has 0 atom stereocenters. The maximum atomic E-state index is 6.10. The third-order valence-electron chi connectivity index (χ3n) is 2.45. The van der Waals surface area contributed by atoms with E-state index in [0.717, 1.165) is 25.7 Å². The predicted octanol–water partition coefficient (Wildman–Crippen LogP) is 1.11. The van der Waals surface area contributed by atoms with E-state index in [2.05, 4.69) is 10.1 Å². The zero-order chi connectivity index (χ0) is 8.60. The van der Waals surface area contributed by atoms with Crippen molar-refractivity contribution >= 4 is 0 Å². The van der Waals surface area contributed by atoms with Crippen molar-refractivity contribution in [3.63, 3.8) is 0 Å². The molecule has 2 rings (SSSR count).